The molecule has 2 rings (SSSR count). The fraction of sp³-hybridized carbons (Fsp3) is 0.500. The van der Waals surface area contributed by atoms with E-state index >= 15 is 0 Å². The number of nitrogens with one attached hydrogen (secondary N) is 1. The molecule has 1 aliphatic rings. The van der Waals surface area contributed by atoms with Gasteiger partial charge in [0.05, 0.1) is 0 Å². The number of carbonyl (C=O) groups excluding carboxylic acids is 1. The fourth-order valence-corrected chi connectivity index (χ4v) is 2.28. The molecule has 5 heteroatoms. The number of nitrogens with two attached hydrogens (primary N) is 1. The van der Waals surface area contributed by atoms with E-state index in [1.54, 1.807) is 18.3 Å². The third-order valence-electron chi connectivity index (χ3n) is 3.14. The van der Waals surface area contributed by atoms with Crippen LogP contribution < -0.4 is 11.1 Å². The van der Waals surface area contributed by atoms with Crippen LogP contribution >= 0.6 is 11.6 Å². The molecule has 0 unspecified atom stereocenters. The van der Waals surface area contributed by atoms with Crippen LogP contribution in [0.3, 0.4) is 0 Å². The van der Waals surface area contributed by atoms with Gasteiger partial charge < -0.3 is 11.1 Å². The maximum atomic E-state index is 12.0. The minimum Gasteiger partial charge on any atom is -0.328 e. The van der Waals surface area contributed by atoms with Gasteiger partial charge in [0, 0.05) is 23.8 Å². The lowest BCUT2D eigenvalue weighted by Gasteiger charge is -2.25. The molecule has 4 nitrogen and oxygen atoms in total. The van der Waals surface area contributed by atoms with Crippen LogP contribution in [0.2, 0.25) is 5.15 Å². The van der Waals surface area contributed by atoms with Gasteiger partial charge in [0.1, 0.15) is 5.15 Å². The molecule has 1 aliphatic carbocycles. The minimum atomic E-state index is 0.0548. The highest BCUT2D eigenvalue weighted by molar-refractivity contribution is 6.29. The quantitative estimate of drug-likeness (QED) is 0.794. The largest absolute Gasteiger partial charge is 0.328 e. The molecule has 0 bridgehead atoms. The van der Waals surface area contributed by atoms with Gasteiger partial charge in [0.15, 0.2) is 0 Å². The van der Waals surface area contributed by atoms with E-state index in [4.69, 9.17) is 17.3 Å². The standard InChI is InChI=1S/C12H16ClN3O/c13-11-7-10(5-6-15-11)16-12(17)8-1-3-9(14)4-2-8/h5-9H,1-4,14H2,(H,15,16,17). The van der Waals surface area contributed by atoms with Gasteiger partial charge in [-0.3, -0.25) is 4.79 Å². The van der Waals surface area contributed by atoms with Gasteiger partial charge in [-0.05, 0) is 37.8 Å². The second kappa shape index (κ2) is 5.47. The highest BCUT2D eigenvalue weighted by Gasteiger charge is 2.24. The van der Waals surface area contributed by atoms with Gasteiger partial charge >= 0.3 is 0 Å². The summed E-state index contributed by atoms with van der Waals surface area (Å²) in [5, 5.41) is 3.25. The summed E-state index contributed by atoms with van der Waals surface area (Å²) in [5.74, 6) is 0.126. The zero-order valence-electron chi connectivity index (χ0n) is 9.53. The Balaban J connectivity index is 1.93. The average molecular weight is 254 g/mol. The van der Waals surface area contributed by atoms with Crippen LogP contribution in [0.4, 0.5) is 5.69 Å². The smallest absolute Gasteiger partial charge is 0.227 e. The van der Waals surface area contributed by atoms with Crippen LogP contribution in [0.5, 0.6) is 0 Å². The van der Waals surface area contributed by atoms with Gasteiger partial charge in [0.2, 0.25) is 5.91 Å². The zero-order valence-corrected chi connectivity index (χ0v) is 10.3. The molecule has 1 saturated carbocycles. The first-order valence-corrected chi connectivity index (χ1v) is 6.21. The van der Waals surface area contributed by atoms with Gasteiger partial charge in [0.25, 0.3) is 0 Å². The van der Waals surface area contributed by atoms with Crippen molar-refractivity contribution in [2.75, 3.05) is 5.32 Å². The number of anilines is 1. The van der Waals surface area contributed by atoms with E-state index in [-0.39, 0.29) is 17.9 Å². The molecule has 3 N–H and O–H groups in total. The lowest BCUT2D eigenvalue weighted by molar-refractivity contribution is -0.120. The number of hydrogen-bond donors (Lipinski definition) is 2. The van der Waals surface area contributed by atoms with E-state index < -0.39 is 0 Å². The van der Waals surface area contributed by atoms with Crippen LogP contribution in [-0.2, 0) is 4.79 Å². The second-order valence-electron chi connectivity index (χ2n) is 4.47. The number of amides is 1. The van der Waals surface area contributed by atoms with Crippen LogP contribution in [0.1, 0.15) is 25.7 Å². The van der Waals surface area contributed by atoms with Gasteiger partial charge in [-0.1, -0.05) is 11.6 Å². The molecule has 0 atom stereocenters. The molecule has 1 aromatic rings. The number of nitrogens with zero attached hydrogens (tertiary/aromatic N) is 1. The number of pyridine rings is 1. The number of carbonyl (C=O) groups is 1. The summed E-state index contributed by atoms with van der Waals surface area (Å²) in [4.78, 5) is 15.8. The molecule has 92 valence electrons. The lowest BCUT2D eigenvalue weighted by Crippen LogP contribution is -2.32. The molecule has 0 aromatic carbocycles. The van der Waals surface area contributed by atoms with E-state index in [0.717, 1.165) is 25.7 Å². The van der Waals surface area contributed by atoms with Crippen molar-refractivity contribution in [1.82, 2.24) is 4.98 Å². The Morgan fingerprint density at radius 2 is 2.12 bits per heavy atom. The number of hydrogen-bond acceptors (Lipinski definition) is 3. The maximum Gasteiger partial charge on any atom is 0.227 e. The maximum absolute atomic E-state index is 12.0. The molecule has 0 spiro atoms. The van der Waals surface area contributed by atoms with Crippen LogP contribution in [0.25, 0.3) is 0 Å². The molecular weight excluding hydrogens is 238 g/mol. The average Bonchev–Trinajstić information content (AvgIpc) is 2.29. The Labute approximate surface area is 106 Å². The summed E-state index contributed by atoms with van der Waals surface area (Å²) in [6.45, 7) is 0. The summed E-state index contributed by atoms with van der Waals surface area (Å²) in [6, 6.07) is 3.64. The van der Waals surface area contributed by atoms with E-state index in [0.29, 0.717) is 10.8 Å². The first-order valence-electron chi connectivity index (χ1n) is 5.83. The molecule has 1 heterocycles. The van der Waals surface area contributed by atoms with Crippen molar-refractivity contribution in [3.63, 3.8) is 0 Å². The summed E-state index contributed by atoms with van der Waals surface area (Å²) in [5.41, 5.74) is 6.51. The van der Waals surface area contributed by atoms with Crippen LogP contribution in [-0.4, -0.2) is 16.9 Å². The topological polar surface area (TPSA) is 68.0 Å². The second-order valence-corrected chi connectivity index (χ2v) is 4.86. The molecule has 0 radical (unpaired) electrons. The van der Waals surface area contributed by atoms with Gasteiger partial charge in [-0.2, -0.15) is 0 Å². The molecular formula is C12H16ClN3O. The Morgan fingerprint density at radius 1 is 1.41 bits per heavy atom. The highest BCUT2D eigenvalue weighted by Crippen LogP contribution is 2.24. The first-order chi connectivity index (χ1) is 8.15. The summed E-state index contributed by atoms with van der Waals surface area (Å²) < 4.78 is 0. The molecule has 0 saturated heterocycles. The summed E-state index contributed by atoms with van der Waals surface area (Å²) in [7, 11) is 0. The number of aromatic nitrogens is 1. The minimum absolute atomic E-state index is 0.0548. The lowest BCUT2D eigenvalue weighted by atomic mass is 9.86. The number of rotatable bonds is 2. The van der Waals surface area contributed by atoms with E-state index in [1.165, 1.54) is 0 Å². The van der Waals surface area contributed by atoms with Crippen molar-refractivity contribution in [3.05, 3.63) is 23.5 Å². The van der Waals surface area contributed by atoms with Crippen molar-refractivity contribution < 1.29 is 4.79 Å². The van der Waals surface area contributed by atoms with Gasteiger partial charge in [-0.25, -0.2) is 4.98 Å². The Morgan fingerprint density at radius 3 is 2.76 bits per heavy atom. The third-order valence-corrected chi connectivity index (χ3v) is 3.34. The predicted octanol–water partition coefficient (Wildman–Crippen LogP) is 2.19. The van der Waals surface area contributed by atoms with Crippen LogP contribution in [0, 0.1) is 5.92 Å². The van der Waals surface area contributed by atoms with Crippen molar-refractivity contribution in [3.8, 4) is 0 Å². The Hall–Kier alpha value is -1.13. The zero-order chi connectivity index (χ0) is 12.3. The normalized spacial score (nSPS) is 24.4. The van der Waals surface area contributed by atoms with Crippen molar-refractivity contribution in [2.24, 2.45) is 11.7 Å². The Kier molecular flexibility index (Phi) is 3.97. The van der Waals surface area contributed by atoms with E-state index in [9.17, 15) is 4.79 Å². The monoisotopic (exact) mass is 253 g/mol. The fourth-order valence-electron chi connectivity index (χ4n) is 2.11. The van der Waals surface area contributed by atoms with Gasteiger partial charge in [-0.15, -0.1) is 0 Å². The molecule has 0 aliphatic heterocycles. The summed E-state index contributed by atoms with van der Waals surface area (Å²) in [6.07, 6.45) is 5.16. The van der Waals surface area contributed by atoms with E-state index in [2.05, 4.69) is 10.3 Å². The molecule has 1 amide bonds. The molecule has 1 fully saturated rings. The van der Waals surface area contributed by atoms with Crippen molar-refractivity contribution in [2.45, 2.75) is 31.7 Å². The molecule has 1 aromatic heterocycles. The highest BCUT2D eigenvalue weighted by atomic mass is 35.5. The van der Waals surface area contributed by atoms with E-state index in [1.807, 2.05) is 0 Å². The first kappa shape index (κ1) is 12.3. The van der Waals surface area contributed by atoms with Crippen molar-refractivity contribution in [1.29, 1.82) is 0 Å². The SMILES string of the molecule is NC1CCC(C(=O)Nc2ccnc(Cl)c2)CC1. The number of halogens is 1. The molecule has 17 heavy (non-hydrogen) atoms. The third kappa shape index (κ3) is 3.41. The summed E-state index contributed by atoms with van der Waals surface area (Å²) >= 11 is 5.75. The Bertz CT molecular complexity index is 402. The predicted molar refractivity (Wildman–Crippen MR) is 67.8 cm³/mol. The van der Waals surface area contributed by atoms with Crippen molar-refractivity contribution >= 4 is 23.2 Å². The van der Waals surface area contributed by atoms with Crippen LogP contribution in [0.15, 0.2) is 18.3 Å².